The normalized spacial score (nSPS) is 12.5. The number of aromatic nitrogens is 1. The van der Waals surface area contributed by atoms with Gasteiger partial charge >= 0.3 is 0 Å². The van der Waals surface area contributed by atoms with Gasteiger partial charge in [0.2, 0.25) is 0 Å². The summed E-state index contributed by atoms with van der Waals surface area (Å²) >= 11 is 0. The van der Waals surface area contributed by atoms with Gasteiger partial charge in [0.15, 0.2) is 0 Å². The number of benzene rings is 1. The molecule has 2 nitrogen and oxygen atoms in total. The standard InChI is InChI=1S/C16H20N2/c1-10-8-12(3)14(9-11(10)2)16(17)15-7-5-6-13(4)18-15/h5-9,16H,17H2,1-4H3. The van der Waals surface area contributed by atoms with Crippen LogP contribution in [0.25, 0.3) is 0 Å². The topological polar surface area (TPSA) is 38.9 Å². The summed E-state index contributed by atoms with van der Waals surface area (Å²) in [5.41, 5.74) is 13.3. The number of rotatable bonds is 2. The third kappa shape index (κ3) is 2.44. The molecule has 94 valence electrons. The van der Waals surface area contributed by atoms with E-state index in [2.05, 4.69) is 37.9 Å². The Hall–Kier alpha value is -1.67. The molecule has 0 fully saturated rings. The zero-order chi connectivity index (χ0) is 13.3. The monoisotopic (exact) mass is 240 g/mol. The van der Waals surface area contributed by atoms with Gasteiger partial charge in [-0.25, -0.2) is 0 Å². The van der Waals surface area contributed by atoms with E-state index in [1.54, 1.807) is 0 Å². The maximum atomic E-state index is 6.34. The van der Waals surface area contributed by atoms with Crippen LogP contribution in [0, 0.1) is 27.7 Å². The molecule has 0 aliphatic rings. The third-order valence-corrected chi connectivity index (χ3v) is 3.45. The van der Waals surface area contributed by atoms with Crippen molar-refractivity contribution in [2.75, 3.05) is 0 Å². The summed E-state index contributed by atoms with van der Waals surface area (Å²) in [7, 11) is 0. The molecule has 18 heavy (non-hydrogen) atoms. The van der Waals surface area contributed by atoms with Crippen LogP contribution in [0.5, 0.6) is 0 Å². The van der Waals surface area contributed by atoms with E-state index in [-0.39, 0.29) is 6.04 Å². The lowest BCUT2D eigenvalue weighted by Crippen LogP contribution is -2.15. The highest BCUT2D eigenvalue weighted by Crippen LogP contribution is 2.24. The number of hydrogen-bond donors (Lipinski definition) is 1. The van der Waals surface area contributed by atoms with Crippen molar-refractivity contribution in [1.29, 1.82) is 0 Å². The quantitative estimate of drug-likeness (QED) is 0.874. The summed E-state index contributed by atoms with van der Waals surface area (Å²) in [5.74, 6) is 0. The van der Waals surface area contributed by atoms with Crippen molar-refractivity contribution in [2.45, 2.75) is 33.7 Å². The van der Waals surface area contributed by atoms with Gasteiger partial charge in [0.1, 0.15) is 0 Å². The first-order valence-electron chi connectivity index (χ1n) is 6.26. The van der Waals surface area contributed by atoms with E-state index in [0.717, 1.165) is 17.0 Å². The van der Waals surface area contributed by atoms with Gasteiger partial charge in [-0.1, -0.05) is 18.2 Å². The minimum Gasteiger partial charge on any atom is -0.319 e. The molecule has 1 heterocycles. The van der Waals surface area contributed by atoms with Crippen LogP contribution in [-0.4, -0.2) is 4.98 Å². The third-order valence-electron chi connectivity index (χ3n) is 3.45. The minimum atomic E-state index is -0.149. The smallest absolute Gasteiger partial charge is 0.0729 e. The molecule has 0 saturated carbocycles. The molecule has 1 aromatic carbocycles. The Balaban J connectivity index is 2.46. The second-order valence-electron chi connectivity index (χ2n) is 4.97. The summed E-state index contributed by atoms with van der Waals surface area (Å²) in [6.07, 6.45) is 0. The lowest BCUT2D eigenvalue weighted by molar-refractivity contribution is 0.812. The van der Waals surface area contributed by atoms with Crippen LogP contribution in [0.2, 0.25) is 0 Å². The Morgan fingerprint density at radius 3 is 2.28 bits per heavy atom. The number of hydrogen-bond acceptors (Lipinski definition) is 2. The Kier molecular flexibility index (Phi) is 3.48. The molecule has 1 unspecified atom stereocenters. The van der Waals surface area contributed by atoms with E-state index in [1.807, 2.05) is 25.1 Å². The molecule has 0 bridgehead atoms. The Morgan fingerprint density at radius 2 is 1.61 bits per heavy atom. The highest BCUT2D eigenvalue weighted by Gasteiger charge is 2.13. The van der Waals surface area contributed by atoms with Crippen molar-refractivity contribution < 1.29 is 0 Å². The Labute approximate surface area is 109 Å². The fourth-order valence-electron chi connectivity index (χ4n) is 2.21. The summed E-state index contributed by atoms with van der Waals surface area (Å²) in [6.45, 7) is 8.35. The van der Waals surface area contributed by atoms with Gasteiger partial charge in [-0.05, 0) is 62.1 Å². The maximum Gasteiger partial charge on any atom is 0.0729 e. The molecule has 0 amide bonds. The number of pyridine rings is 1. The van der Waals surface area contributed by atoms with Gasteiger partial charge in [0.25, 0.3) is 0 Å². The molecule has 1 atom stereocenters. The number of nitrogens with zero attached hydrogens (tertiary/aromatic N) is 1. The van der Waals surface area contributed by atoms with E-state index in [0.29, 0.717) is 0 Å². The van der Waals surface area contributed by atoms with Crippen molar-refractivity contribution in [2.24, 2.45) is 5.73 Å². The van der Waals surface area contributed by atoms with Crippen LogP contribution in [-0.2, 0) is 0 Å². The lowest BCUT2D eigenvalue weighted by atomic mass is 9.94. The van der Waals surface area contributed by atoms with Crippen LogP contribution in [0.15, 0.2) is 30.3 Å². The van der Waals surface area contributed by atoms with E-state index in [1.165, 1.54) is 16.7 Å². The van der Waals surface area contributed by atoms with Crippen LogP contribution < -0.4 is 5.73 Å². The molecule has 0 saturated heterocycles. The molecule has 0 spiro atoms. The summed E-state index contributed by atoms with van der Waals surface area (Å²) in [4.78, 5) is 4.52. The average molecular weight is 240 g/mol. The van der Waals surface area contributed by atoms with Gasteiger partial charge in [0.05, 0.1) is 11.7 Å². The second-order valence-corrected chi connectivity index (χ2v) is 4.97. The molecule has 2 N–H and O–H groups in total. The fourth-order valence-corrected chi connectivity index (χ4v) is 2.21. The van der Waals surface area contributed by atoms with Gasteiger partial charge < -0.3 is 5.73 Å². The predicted octanol–water partition coefficient (Wildman–Crippen LogP) is 3.36. The van der Waals surface area contributed by atoms with E-state index in [9.17, 15) is 0 Å². The molecular weight excluding hydrogens is 220 g/mol. The first kappa shape index (κ1) is 12.8. The Morgan fingerprint density at radius 1 is 0.944 bits per heavy atom. The molecule has 2 rings (SSSR count). The largest absolute Gasteiger partial charge is 0.319 e. The average Bonchev–Trinajstić information content (AvgIpc) is 2.33. The summed E-state index contributed by atoms with van der Waals surface area (Å²) in [6, 6.07) is 10.2. The molecule has 0 aliphatic heterocycles. The molecule has 2 aromatic rings. The lowest BCUT2D eigenvalue weighted by Gasteiger charge is -2.17. The Bertz CT molecular complexity index is 573. The van der Waals surface area contributed by atoms with E-state index < -0.39 is 0 Å². The summed E-state index contributed by atoms with van der Waals surface area (Å²) in [5, 5.41) is 0. The predicted molar refractivity (Wildman–Crippen MR) is 75.7 cm³/mol. The first-order chi connectivity index (χ1) is 8.49. The van der Waals surface area contributed by atoms with Crippen molar-refractivity contribution in [3.05, 3.63) is 64.0 Å². The molecule has 1 aromatic heterocycles. The van der Waals surface area contributed by atoms with Crippen LogP contribution in [0.3, 0.4) is 0 Å². The highest BCUT2D eigenvalue weighted by atomic mass is 14.8. The molecule has 2 heteroatoms. The van der Waals surface area contributed by atoms with Crippen molar-refractivity contribution in [3.8, 4) is 0 Å². The van der Waals surface area contributed by atoms with Gasteiger partial charge in [-0.2, -0.15) is 0 Å². The SMILES string of the molecule is Cc1cccc(C(N)c2cc(C)c(C)cc2C)n1. The second kappa shape index (κ2) is 4.91. The fraction of sp³-hybridized carbons (Fsp3) is 0.312. The molecule has 0 radical (unpaired) electrons. The van der Waals surface area contributed by atoms with Crippen molar-refractivity contribution in [3.63, 3.8) is 0 Å². The zero-order valence-corrected chi connectivity index (χ0v) is 11.5. The summed E-state index contributed by atoms with van der Waals surface area (Å²) < 4.78 is 0. The van der Waals surface area contributed by atoms with E-state index >= 15 is 0 Å². The molecule has 0 aliphatic carbocycles. The highest BCUT2D eigenvalue weighted by molar-refractivity contribution is 5.41. The zero-order valence-electron chi connectivity index (χ0n) is 11.5. The number of nitrogens with two attached hydrogens (primary N) is 1. The van der Waals surface area contributed by atoms with Gasteiger partial charge in [-0.3, -0.25) is 4.98 Å². The number of aryl methyl sites for hydroxylation is 4. The molecular formula is C16H20N2. The van der Waals surface area contributed by atoms with Crippen molar-refractivity contribution in [1.82, 2.24) is 4.98 Å². The van der Waals surface area contributed by atoms with E-state index in [4.69, 9.17) is 5.73 Å². The first-order valence-corrected chi connectivity index (χ1v) is 6.26. The van der Waals surface area contributed by atoms with Crippen molar-refractivity contribution >= 4 is 0 Å². The minimum absolute atomic E-state index is 0.149. The van der Waals surface area contributed by atoms with Crippen LogP contribution in [0.1, 0.15) is 39.7 Å². The van der Waals surface area contributed by atoms with Gasteiger partial charge in [0, 0.05) is 5.69 Å². The van der Waals surface area contributed by atoms with Crippen LogP contribution >= 0.6 is 0 Å². The van der Waals surface area contributed by atoms with Gasteiger partial charge in [-0.15, -0.1) is 0 Å². The van der Waals surface area contributed by atoms with Crippen LogP contribution in [0.4, 0.5) is 0 Å². The maximum absolute atomic E-state index is 6.34.